The summed E-state index contributed by atoms with van der Waals surface area (Å²) < 4.78 is 36.3. The standard InChI is InChI=1S/C18H36O5S.Na.H/c1-3-5-6-7-8-9-10-11-12-13-14-15-16-17(24(20,21)22)18(19)23-4-2;;/h17H,3-16H2,1-2H3,(H,20,21,22);;. The predicted octanol–water partition coefficient (Wildman–Crippen LogP) is 4.25. The third kappa shape index (κ3) is 16.3. The van der Waals surface area contributed by atoms with Crippen molar-refractivity contribution >= 4 is 45.6 Å². The molecule has 1 N–H and O–H groups in total. The van der Waals surface area contributed by atoms with Gasteiger partial charge in [-0.3, -0.25) is 9.35 Å². The Morgan fingerprint density at radius 1 is 0.840 bits per heavy atom. The Morgan fingerprint density at radius 3 is 1.60 bits per heavy atom. The van der Waals surface area contributed by atoms with Crippen molar-refractivity contribution in [1.29, 1.82) is 0 Å². The van der Waals surface area contributed by atoms with Gasteiger partial charge in [0.1, 0.15) is 0 Å². The van der Waals surface area contributed by atoms with E-state index in [1.807, 2.05) is 0 Å². The SMILES string of the molecule is CCCCCCCCCCCCCCC(C(=O)OCC)S(=O)(=O)O.[NaH]. The molecule has 25 heavy (non-hydrogen) atoms. The number of esters is 1. The second-order valence-corrected chi connectivity index (χ2v) is 8.03. The summed E-state index contributed by atoms with van der Waals surface area (Å²) in [7, 11) is -4.38. The molecule has 0 aromatic rings. The third-order valence-corrected chi connectivity index (χ3v) is 5.38. The molecule has 0 aliphatic rings. The normalized spacial score (nSPS) is 12.4. The summed E-state index contributed by atoms with van der Waals surface area (Å²) in [6.07, 6.45) is 14.2. The molecule has 0 saturated carbocycles. The van der Waals surface area contributed by atoms with Crippen molar-refractivity contribution in [2.75, 3.05) is 6.61 Å². The van der Waals surface area contributed by atoms with Gasteiger partial charge in [0.15, 0.2) is 5.25 Å². The zero-order chi connectivity index (χ0) is 18.3. The topological polar surface area (TPSA) is 80.7 Å². The Morgan fingerprint density at radius 2 is 1.24 bits per heavy atom. The van der Waals surface area contributed by atoms with Gasteiger partial charge in [-0.15, -0.1) is 0 Å². The molecule has 0 bridgehead atoms. The Labute approximate surface area is 176 Å². The van der Waals surface area contributed by atoms with E-state index in [1.165, 1.54) is 51.4 Å². The van der Waals surface area contributed by atoms with E-state index in [4.69, 9.17) is 9.29 Å². The molecular weight excluding hydrogens is 351 g/mol. The molecule has 146 valence electrons. The van der Waals surface area contributed by atoms with E-state index in [1.54, 1.807) is 6.92 Å². The van der Waals surface area contributed by atoms with E-state index in [0.29, 0.717) is 6.42 Å². The van der Waals surface area contributed by atoms with Crippen LogP contribution in [-0.4, -0.2) is 60.4 Å². The molecule has 0 aliphatic carbocycles. The summed E-state index contributed by atoms with van der Waals surface area (Å²) in [5, 5.41) is -1.43. The average Bonchev–Trinajstić information content (AvgIpc) is 2.50. The molecule has 0 spiro atoms. The molecule has 5 nitrogen and oxygen atoms in total. The van der Waals surface area contributed by atoms with Gasteiger partial charge in [0.25, 0.3) is 10.1 Å². The van der Waals surface area contributed by atoms with Gasteiger partial charge in [0.05, 0.1) is 6.61 Å². The molecule has 1 atom stereocenters. The molecule has 0 fully saturated rings. The summed E-state index contributed by atoms with van der Waals surface area (Å²) in [5.41, 5.74) is 0. The van der Waals surface area contributed by atoms with Crippen molar-refractivity contribution in [3.05, 3.63) is 0 Å². The van der Waals surface area contributed by atoms with Crippen molar-refractivity contribution in [2.24, 2.45) is 0 Å². The maximum absolute atomic E-state index is 11.6. The van der Waals surface area contributed by atoms with Gasteiger partial charge in [-0.1, -0.05) is 84.0 Å². The second-order valence-electron chi connectivity index (χ2n) is 6.43. The fourth-order valence-corrected chi connectivity index (χ4v) is 3.57. The van der Waals surface area contributed by atoms with E-state index in [-0.39, 0.29) is 42.6 Å². The van der Waals surface area contributed by atoms with Gasteiger partial charge in [-0.05, 0) is 13.3 Å². The summed E-state index contributed by atoms with van der Waals surface area (Å²) in [6.45, 7) is 3.96. The monoisotopic (exact) mass is 388 g/mol. The van der Waals surface area contributed by atoms with Crippen LogP contribution in [0, 0.1) is 0 Å². The van der Waals surface area contributed by atoms with Crippen LogP contribution in [0.3, 0.4) is 0 Å². The fraction of sp³-hybridized carbons (Fsp3) is 0.944. The van der Waals surface area contributed by atoms with Crippen molar-refractivity contribution in [2.45, 2.75) is 103 Å². The Bertz CT molecular complexity index is 412. The molecule has 0 aromatic heterocycles. The minimum absolute atomic E-state index is 0. The summed E-state index contributed by atoms with van der Waals surface area (Å²) >= 11 is 0. The van der Waals surface area contributed by atoms with Gasteiger partial charge in [0.2, 0.25) is 0 Å². The molecule has 0 heterocycles. The summed E-state index contributed by atoms with van der Waals surface area (Å²) in [5.74, 6) is -0.844. The molecule has 0 aliphatic heterocycles. The Kier molecular flexibility index (Phi) is 19.6. The Balaban J connectivity index is 0. The maximum atomic E-state index is 11.6. The number of carbonyl (C=O) groups excluding carboxylic acids is 1. The first-order chi connectivity index (χ1) is 11.4. The molecular formula is C18H37NaO5S. The first kappa shape index (κ1) is 27.6. The van der Waals surface area contributed by atoms with Crippen LogP contribution in [0.1, 0.15) is 97.3 Å². The van der Waals surface area contributed by atoms with Crippen molar-refractivity contribution in [3.8, 4) is 0 Å². The number of carbonyl (C=O) groups is 1. The number of unbranched alkanes of at least 4 members (excludes halogenated alkanes) is 11. The molecule has 0 rings (SSSR count). The van der Waals surface area contributed by atoms with Gasteiger partial charge in [-0.25, -0.2) is 0 Å². The fourth-order valence-electron chi connectivity index (χ4n) is 2.79. The molecule has 7 heteroatoms. The van der Waals surface area contributed by atoms with Crippen molar-refractivity contribution < 1.29 is 22.5 Å². The van der Waals surface area contributed by atoms with E-state index < -0.39 is 21.3 Å². The van der Waals surface area contributed by atoms with Crippen LogP contribution in [0.15, 0.2) is 0 Å². The van der Waals surface area contributed by atoms with Crippen molar-refractivity contribution in [1.82, 2.24) is 0 Å². The quantitative estimate of drug-likeness (QED) is 0.185. The number of ether oxygens (including phenoxy) is 1. The average molecular weight is 389 g/mol. The zero-order valence-corrected chi connectivity index (χ0v) is 16.3. The molecule has 0 amide bonds. The van der Waals surface area contributed by atoms with Crippen LogP contribution in [-0.2, 0) is 19.6 Å². The molecule has 0 saturated heterocycles. The van der Waals surface area contributed by atoms with Crippen LogP contribution < -0.4 is 0 Å². The van der Waals surface area contributed by atoms with E-state index in [9.17, 15) is 13.2 Å². The van der Waals surface area contributed by atoms with Gasteiger partial charge in [-0.2, -0.15) is 8.42 Å². The zero-order valence-electron chi connectivity index (χ0n) is 15.5. The number of hydrogen-bond donors (Lipinski definition) is 1. The van der Waals surface area contributed by atoms with Gasteiger partial charge in [0, 0.05) is 0 Å². The Hall–Kier alpha value is 0.380. The van der Waals surface area contributed by atoms with E-state index >= 15 is 0 Å². The van der Waals surface area contributed by atoms with Crippen LogP contribution >= 0.6 is 0 Å². The number of hydrogen-bond acceptors (Lipinski definition) is 4. The molecule has 0 radical (unpaired) electrons. The third-order valence-electron chi connectivity index (χ3n) is 4.23. The number of rotatable bonds is 16. The van der Waals surface area contributed by atoms with Crippen molar-refractivity contribution in [3.63, 3.8) is 0 Å². The van der Waals surface area contributed by atoms with E-state index in [0.717, 1.165) is 19.3 Å². The van der Waals surface area contributed by atoms with Crippen LogP contribution in [0.2, 0.25) is 0 Å². The van der Waals surface area contributed by atoms with Crippen LogP contribution in [0.4, 0.5) is 0 Å². The first-order valence-electron chi connectivity index (χ1n) is 9.56. The molecule has 1 unspecified atom stereocenters. The molecule has 0 aromatic carbocycles. The van der Waals surface area contributed by atoms with E-state index in [2.05, 4.69) is 6.92 Å². The second kappa shape index (κ2) is 17.8. The minimum atomic E-state index is -4.38. The van der Waals surface area contributed by atoms with Gasteiger partial charge >= 0.3 is 35.5 Å². The van der Waals surface area contributed by atoms with Crippen LogP contribution in [0.25, 0.3) is 0 Å². The first-order valence-corrected chi connectivity index (χ1v) is 11.1. The predicted molar refractivity (Wildman–Crippen MR) is 105 cm³/mol. The van der Waals surface area contributed by atoms with Crippen LogP contribution in [0.5, 0.6) is 0 Å². The van der Waals surface area contributed by atoms with Gasteiger partial charge < -0.3 is 4.74 Å². The summed E-state index contributed by atoms with van der Waals surface area (Å²) in [6, 6.07) is 0. The summed E-state index contributed by atoms with van der Waals surface area (Å²) in [4.78, 5) is 11.6.